The molecule has 6 heteroatoms. The molecule has 0 saturated carbocycles. The first-order chi connectivity index (χ1) is 13.5. The SMILES string of the molecule is Cc1ccc(C2NC(=O)N(C)C3=C2C(=O)N(CCN2CCCCC2)C3)c(C)c1. The number of likely N-dealkylation sites (N-methyl/N-ethyl adjacent to an activating group) is 1. The van der Waals surface area contributed by atoms with Gasteiger partial charge in [0, 0.05) is 20.1 Å². The van der Waals surface area contributed by atoms with Gasteiger partial charge in [0.2, 0.25) is 0 Å². The molecule has 3 heterocycles. The Morgan fingerprint density at radius 1 is 1.07 bits per heavy atom. The molecule has 1 fully saturated rings. The Kier molecular flexibility index (Phi) is 5.15. The second kappa shape index (κ2) is 7.59. The second-order valence-electron chi connectivity index (χ2n) is 8.29. The molecular weight excluding hydrogens is 352 g/mol. The summed E-state index contributed by atoms with van der Waals surface area (Å²) in [5.41, 5.74) is 4.85. The molecule has 1 aromatic rings. The molecule has 0 bridgehead atoms. The third-order valence-corrected chi connectivity index (χ3v) is 6.31. The van der Waals surface area contributed by atoms with Crippen LogP contribution in [0.2, 0.25) is 0 Å². The molecule has 1 saturated heterocycles. The van der Waals surface area contributed by atoms with Gasteiger partial charge in [0.05, 0.1) is 23.9 Å². The summed E-state index contributed by atoms with van der Waals surface area (Å²) < 4.78 is 0. The highest BCUT2D eigenvalue weighted by Crippen LogP contribution is 2.36. The van der Waals surface area contributed by atoms with Crippen molar-refractivity contribution in [1.82, 2.24) is 20.0 Å². The van der Waals surface area contributed by atoms with E-state index in [1.807, 2.05) is 24.0 Å². The standard InChI is InChI=1S/C22H30N4O2/c1-15-7-8-17(16(2)13-15)20-19-18(24(3)22(28)23-20)14-26(21(19)27)12-11-25-9-5-4-6-10-25/h7-8,13,20H,4-6,9-12,14H2,1-3H3,(H,23,28). The van der Waals surface area contributed by atoms with Crippen LogP contribution < -0.4 is 5.32 Å². The van der Waals surface area contributed by atoms with Crippen molar-refractivity contribution in [1.29, 1.82) is 0 Å². The van der Waals surface area contributed by atoms with Gasteiger partial charge in [-0.2, -0.15) is 0 Å². The van der Waals surface area contributed by atoms with E-state index >= 15 is 0 Å². The smallest absolute Gasteiger partial charge is 0.322 e. The Hall–Kier alpha value is -2.34. The van der Waals surface area contributed by atoms with E-state index in [1.54, 1.807) is 11.9 Å². The lowest BCUT2D eigenvalue weighted by atomic mass is 9.91. The summed E-state index contributed by atoms with van der Waals surface area (Å²) in [5, 5.41) is 3.04. The van der Waals surface area contributed by atoms with E-state index in [9.17, 15) is 9.59 Å². The summed E-state index contributed by atoms with van der Waals surface area (Å²) in [5.74, 6) is 0.0591. The fraction of sp³-hybridized carbons (Fsp3) is 0.545. The van der Waals surface area contributed by atoms with Crippen molar-refractivity contribution < 1.29 is 9.59 Å². The first-order valence-corrected chi connectivity index (χ1v) is 10.3. The number of nitrogens with zero attached hydrogens (tertiary/aromatic N) is 3. The second-order valence-corrected chi connectivity index (χ2v) is 8.29. The number of piperidine rings is 1. The number of amides is 3. The lowest BCUT2D eigenvalue weighted by Gasteiger charge is -2.31. The number of likely N-dealkylation sites (tertiary alicyclic amines) is 1. The minimum Gasteiger partial charge on any atom is -0.332 e. The van der Waals surface area contributed by atoms with Crippen LogP contribution in [0.1, 0.15) is 42.0 Å². The summed E-state index contributed by atoms with van der Waals surface area (Å²) in [7, 11) is 1.75. The van der Waals surface area contributed by atoms with Crippen LogP contribution in [0.25, 0.3) is 0 Å². The molecule has 3 aliphatic heterocycles. The molecular formula is C22H30N4O2. The fourth-order valence-corrected chi connectivity index (χ4v) is 4.63. The van der Waals surface area contributed by atoms with Crippen LogP contribution in [0.5, 0.6) is 0 Å². The monoisotopic (exact) mass is 382 g/mol. The van der Waals surface area contributed by atoms with Gasteiger partial charge in [-0.3, -0.25) is 9.69 Å². The van der Waals surface area contributed by atoms with Crippen LogP contribution in [-0.4, -0.2) is 66.4 Å². The largest absolute Gasteiger partial charge is 0.332 e. The van der Waals surface area contributed by atoms with E-state index in [1.165, 1.54) is 24.8 Å². The first-order valence-electron chi connectivity index (χ1n) is 10.3. The van der Waals surface area contributed by atoms with Gasteiger partial charge in [-0.25, -0.2) is 4.79 Å². The van der Waals surface area contributed by atoms with Gasteiger partial charge in [-0.05, 0) is 50.9 Å². The molecule has 0 aromatic heterocycles. The lowest BCUT2D eigenvalue weighted by molar-refractivity contribution is -0.126. The average Bonchev–Trinajstić information content (AvgIpc) is 3.01. The van der Waals surface area contributed by atoms with E-state index in [4.69, 9.17) is 0 Å². The Morgan fingerprint density at radius 3 is 2.54 bits per heavy atom. The van der Waals surface area contributed by atoms with Crippen LogP contribution in [0.4, 0.5) is 4.79 Å². The van der Waals surface area contributed by atoms with Crippen LogP contribution in [0, 0.1) is 13.8 Å². The fourth-order valence-electron chi connectivity index (χ4n) is 4.63. The third-order valence-electron chi connectivity index (χ3n) is 6.31. The van der Waals surface area contributed by atoms with Gasteiger partial charge >= 0.3 is 6.03 Å². The zero-order valence-electron chi connectivity index (χ0n) is 17.1. The van der Waals surface area contributed by atoms with Crippen molar-refractivity contribution in [2.75, 3.05) is 39.8 Å². The highest BCUT2D eigenvalue weighted by atomic mass is 16.2. The van der Waals surface area contributed by atoms with Gasteiger partial charge in [0.1, 0.15) is 0 Å². The van der Waals surface area contributed by atoms with E-state index < -0.39 is 0 Å². The number of rotatable bonds is 4. The first kappa shape index (κ1) is 19.0. The quantitative estimate of drug-likeness (QED) is 0.871. The predicted octanol–water partition coefficient (Wildman–Crippen LogP) is 2.58. The predicted molar refractivity (Wildman–Crippen MR) is 109 cm³/mol. The number of hydrogen-bond donors (Lipinski definition) is 1. The van der Waals surface area contributed by atoms with Crippen molar-refractivity contribution in [2.45, 2.75) is 39.2 Å². The van der Waals surface area contributed by atoms with Crippen LogP contribution >= 0.6 is 0 Å². The Labute approximate surface area is 167 Å². The molecule has 150 valence electrons. The normalized spacial score (nSPS) is 23.3. The number of carbonyl (C=O) groups is 2. The number of carbonyl (C=O) groups excluding carboxylic acids is 2. The number of benzene rings is 1. The summed E-state index contributed by atoms with van der Waals surface area (Å²) >= 11 is 0. The van der Waals surface area contributed by atoms with Gasteiger partial charge in [-0.15, -0.1) is 0 Å². The van der Waals surface area contributed by atoms with E-state index in [-0.39, 0.29) is 18.0 Å². The van der Waals surface area contributed by atoms with Crippen LogP contribution in [0.3, 0.4) is 0 Å². The Morgan fingerprint density at radius 2 is 1.82 bits per heavy atom. The zero-order chi connectivity index (χ0) is 19.8. The maximum absolute atomic E-state index is 13.3. The van der Waals surface area contributed by atoms with Crippen molar-refractivity contribution >= 4 is 11.9 Å². The number of nitrogens with one attached hydrogen (secondary N) is 1. The van der Waals surface area contributed by atoms with Crippen molar-refractivity contribution in [2.24, 2.45) is 0 Å². The van der Waals surface area contributed by atoms with E-state index in [0.717, 1.165) is 42.0 Å². The van der Waals surface area contributed by atoms with Crippen LogP contribution in [0.15, 0.2) is 29.5 Å². The zero-order valence-corrected chi connectivity index (χ0v) is 17.1. The van der Waals surface area contributed by atoms with Crippen molar-refractivity contribution in [3.05, 3.63) is 46.2 Å². The number of urea groups is 1. The molecule has 0 radical (unpaired) electrons. The van der Waals surface area contributed by atoms with Crippen molar-refractivity contribution in [3.63, 3.8) is 0 Å². The topological polar surface area (TPSA) is 55.9 Å². The maximum Gasteiger partial charge on any atom is 0.322 e. The van der Waals surface area contributed by atoms with Gasteiger partial charge in [0.25, 0.3) is 5.91 Å². The molecule has 3 amide bonds. The van der Waals surface area contributed by atoms with Gasteiger partial charge < -0.3 is 15.1 Å². The van der Waals surface area contributed by atoms with Gasteiger partial charge in [0.15, 0.2) is 0 Å². The van der Waals surface area contributed by atoms with E-state index in [0.29, 0.717) is 13.1 Å². The molecule has 4 rings (SSSR count). The third kappa shape index (κ3) is 3.41. The number of aryl methyl sites for hydroxylation is 2. The minimum absolute atomic E-state index is 0.0591. The minimum atomic E-state index is -0.369. The molecule has 1 aromatic carbocycles. The molecule has 0 aliphatic carbocycles. The molecule has 1 unspecified atom stereocenters. The molecule has 28 heavy (non-hydrogen) atoms. The summed E-state index contributed by atoms with van der Waals surface area (Å²) in [6.07, 6.45) is 3.81. The molecule has 0 spiro atoms. The highest BCUT2D eigenvalue weighted by Gasteiger charge is 2.43. The molecule has 3 aliphatic rings. The highest BCUT2D eigenvalue weighted by molar-refractivity contribution is 6.01. The van der Waals surface area contributed by atoms with Crippen LogP contribution in [-0.2, 0) is 4.79 Å². The average molecular weight is 383 g/mol. The Balaban J connectivity index is 1.57. The number of hydrogen-bond acceptors (Lipinski definition) is 3. The summed E-state index contributed by atoms with van der Waals surface area (Å²) in [4.78, 5) is 31.8. The molecule has 6 nitrogen and oxygen atoms in total. The molecule has 1 atom stereocenters. The van der Waals surface area contributed by atoms with Crippen molar-refractivity contribution in [3.8, 4) is 0 Å². The summed E-state index contributed by atoms with van der Waals surface area (Å²) in [6, 6.07) is 5.67. The maximum atomic E-state index is 13.3. The Bertz CT molecular complexity index is 826. The van der Waals surface area contributed by atoms with E-state index in [2.05, 4.69) is 23.2 Å². The molecule has 1 N–H and O–H groups in total. The van der Waals surface area contributed by atoms with Gasteiger partial charge in [-0.1, -0.05) is 30.2 Å². The summed E-state index contributed by atoms with van der Waals surface area (Å²) in [6.45, 7) is 8.49. The lowest BCUT2D eigenvalue weighted by Crippen LogP contribution is -2.45.